The Morgan fingerprint density at radius 1 is 1.88 bits per heavy atom. The maximum Gasteiger partial charge on any atom is 0.0625 e. The summed E-state index contributed by atoms with van der Waals surface area (Å²) >= 11 is 2.13. The van der Waals surface area contributed by atoms with Crippen molar-refractivity contribution in [3.05, 3.63) is 21.8 Å². The van der Waals surface area contributed by atoms with Gasteiger partial charge in [0.25, 0.3) is 0 Å². The highest BCUT2D eigenvalue weighted by atomic mass is 127. The van der Waals surface area contributed by atoms with Crippen LogP contribution in [0.2, 0.25) is 0 Å². The Kier molecular flexibility index (Phi) is 4.18. The molecule has 0 radical (unpaired) electrons. The van der Waals surface area contributed by atoms with Gasteiger partial charge in [0, 0.05) is 3.58 Å². The lowest BCUT2D eigenvalue weighted by Gasteiger charge is -1.91. The third-order valence-electron chi connectivity index (χ3n) is 0.678. The Balaban J connectivity index is 3.80. The van der Waals surface area contributed by atoms with Crippen molar-refractivity contribution in [1.29, 1.82) is 0 Å². The molecular formula is C6H9IO. The van der Waals surface area contributed by atoms with Gasteiger partial charge in [-0.25, -0.2) is 0 Å². The van der Waals surface area contributed by atoms with Crippen LogP contribution in [-0.2, 0) is 0 Å². The van der Waals surface area contributed by atoms with E-state index in [0.29, 0.717) is 0 Å². The van der Waals surface area contributed by atoms with Gasteiger partial charge in [0.05, 0.1) is 6.61 Å². The molecule has 1 nitrogen and oxygen atoms in total. The van der Waals surface area contributed by atoms with Crippen LogP contribution in [0.1, 0.15) is 6.92 Å². The van der Waals surface area contributed by atoms with E-state index in [1.165, 1.54) is 0 Å². The topological polar surface area (TPSA) is 20.2 Å². The Morgan fingerprint density at radius 2 is 2.38 bits per heavy atom. The summed E-state index contributed by atoms with van der Waals surface area (Å²) in [6, 6.07) is 0. The molecule has 0 saturated carbocycles. The molecule has 0 aromatic carbocycles. The normalized spacial score (nSPS) is 11.6. The summed E-state index contributed by atoms with van der Waals surface area (Å²) in [4.78, 5) is 0. The SMILES string of the molecule is C=C(C)/C(I)=C/CO. The van der Waals surface area contributed by atoms with E-state index >= 15 is 0 Å². The molecule has 1 N–H and O–H groups in total. The minimum atomic E-state index is 0.102. The first-order chi connectivity index (χ1) is 3.68. The van der Waals surface area contributed by atoms with E-state index in [0.717, 1.165) is 9.15 Å². The summed E-state index contributed by atoms with van der Waals surface area (Å²) in [6.45, 7) is 5.70. The van der Waals surface area contributed by atoms with Crippen molar-refractivity contribution in [2.75, 3.05) is 6.61 Å². The zero-order valence-corrected chi connectivity index (χ0v) is 6.97. The van der Waals surface area contributed by atoms with E-state index in [4.69, 9.17) is 5.11 Å². The van der Waals surface area contributed by atoms with Gasteiger partial charge in [0.2, 0.25) is 0 Å². The molecule has 0 spiro atoms. The van der Waals surface area contributed by atoms with Crippen molar-refractivity contribution in [1.82, 2.24) is 0 Å². The summed E-state index contributed by atoms with van der Waals surface area (Å²) in [5.41, 5.74) is 1.000. The molecule has 8 heavy (non-hydrogen) atoms. The van der Waals surface area contributed by atoms with E-state index in [1.54, 1.807) is 6.08 Å². The van der Waals surface area contributed by atoms with E-state index < -0.39 is 0 Å². The second-order valence-electron chi connectivity index (χ2n) is 1.51. The Morgan fingerprint density at radius 3 is 2.50 bits per heavy atom. The van der Waals surface area contributed by atoms with Gasteiger partial charge < -0.3 is 5.11 Å². The number of allylic oxidation sites excluding steroid dienone is 2. The molecule has 0 aromatic heterocycles. The number of halogens is 1. The standard InChI is InChI=1S/C6H9IO/c1-5(2)6(7)3-4-8/h3,8H,1,4H2,2H3/b6-3-. The van der Waals surface area contributed by atoms with Crippen molar-refractivity contribution < 1.29 is 5.11 Å². The van der Waals surface area contributed by atoms with Crippen LogP contribution in [0, 0.1) is 0 Å². The minimum absolute atomic E-state index is 0.102. The van der Waals surface area contributed by atoms with Gasteiger partial charge in [-0.2, -0.15) is 0 Å². The number of rotatable bonds is 2. The maximum absolute atomic E-state index is 8.36. The second kappa shape index (κ2) is 4.09. The number of aliphatic hydroxyl groups excluding tert-OH is 1. The summed E-state index contributed by atoms with van der Waals surface area (Å²) in [5.74, 6) is 0. The van der Waals surface area contributed by atoms with Crippen molar-refractivity contribution in [3.63, 3.8) is 0 Å². The largest absolute Gasteiger partial charge is 0.392 e. The Hall–Kier alpha value is 0.170. The Bertz CT molecular complexity index is 116. The summed E-state index contributed by atoms with van der Waals surface area (Å²) < 4.78 is 1.03. The minimum Gasteiger partial charge on any atom is -0.392 e. The molecule has 46 valence electrons. The molecule has 0 fully saturated rings. The molecule has 0 heterocycles. The van der Waals surface area contributed by atoms with Crippen LogP contribution in [0.15, 0.2) is 21.8 Å². The van der Waals surface area contributed by atoms with Gasteiger partial charge in [-0.1, -0.05) is 6.58 Å². The molecule has 0 aromatic rings. The molecule has 0 bridgehead atoms. The van der Waals surface area contributed by atoms with E-state index in [2.05, 4.69) is 29.2 Å². The van der Waals surface area contributed by atoms with Gasteiger partial charge in [0.15, 0.2) is 0 Å². The van der Waals surface area contributed by atoms with Gasteiger partial charge in [-0.15, -0.1) is 0 Å². The van der Waals surface area contributed by atoms with Crippen LogP contribution in [0.3, 0.4) is 0 Å². The highest BCUT2D eigenvalue weighted by Crippen LogP contribution is 2.13. The predicted octanol–water partition coefficient (Wildman–Crippen LogP) is 1.87. The summed E-state index contributed by atoms with van der Waals surface area (Å²) in [6.07, 6.45) is 1.73. The zero-order chi connectivity index (χ0) is 6.57. The van der Waals surface area contributed by atoms with Gasteiger partial charge in [-0.05, 0) is 41.2 Å². The average Bonchev–Trinajstić information content (AvgIpc) is 1.67. The first-order valence-electron chi connectivity index (χ1n) is 2.31. The second-order valence-corrected chi connectivity index (χ2v) is 2.68. The van der Waals surface area contributed by atoms with Crippen LogP contribution >= 0.6 is 22.6 Å². The van der Waals surface area contributed by atoms with Crippen LogP contribution < -0.4 is 0 Å². The predicted molar refractivity (Wildman–Crippen MR) is 44.0 cm³/mol. The maximum atomic E-state index is 8.36. The first-order valence-corrected chi connectivity index (χ1v) is 3.38. The summed E-state index contributed by atoms with van der Waals surface area (Å²) in [5, 5.41) is 8.36. The molecule has 0 aliphatic rings. The quantitative estimate of drug-likeness (QED) is 0.560. The fourth-order valence-electron chi connectivity index (χ4n) is 0.254. The van der Waals surface area contributed by atoms with E-state index in [9.17, 15) is 0 Å². The van der Waals surface area contributed by atoms with Crippen LogP contribution in [0.25, 0.3) is 0 Å². The molecule has 0 aliphatic heterocycles. The lowest BCUT2D eigenvalue weighted by atomic mass is 10.3. The number of aliphatic hydroxyl groups is 1. The van der Waals surface area contributed by atoms with Gasteiger partial charge >= 0.3 is 0 Å². The van der Waals surface area contributed by atoms with E-state index in [1.807, 2.05) is 6.92 Å². The van der Waals surface area contributed by atoms with E-state index in [-0.39, 0.29) is 6.61 Å². The zero-order valence-electron chi connectivity index (χ0n) is 4.82. The molecule has 0 atom stereocenters. The smallest absolute Gasteiger partial charge is 0.0625 e. The fraction of sp³-hybridized carbons (Fsp3) is 0.333. The Labute approximate surface area is 63.2 Å². The van der Waals surface area contributed by atoms with Crippen LogP contribution in [0.5, 0.6) is 0 Å². The average molecular weight is 224 g/mol. The lowest BCUT2D eigenvalue weighted by Crippen LogP contribution is -1.76. The molecule has 0 saturated heterocycles. The highest BCUT2D eigenvalue weighted by molar-refractivity contribution is 14.1. The van der Waals surface area contributed by atoms with Crippen molar-refractivity contribution in [2.45, 2.75) is 6.92 Å². The highest BCUT2D eigenvalue weighted by Gasteiger charge is 1.86. The molecular weight excluding hydrogens is 215 g/mol. The number of hydrogen-bond acceptors (Lipinski definition) is 1. The van der Waals surface area contributed by atoms with Crippen LogP contribution in [-0.4, -0.2) is 11.7 Å². The lowest BCUT2D eigenvalue weighted by molar-refractivity contribution is 0.342. The third kappa shape index (κ3) is 3.21. The van der Waals surface area contributed by atoms with Gasteiger partial charge in [0.1, 0.15) is 0 Å². The summed E-state index contributed by atoms with van der Waals surface area (Å²) in [7, 11) is 0. The van der Waals surface area contributed by atoms with Crippen molar-refractivity contribution in [3.8, 4) is 0 Å². The molecule has 0 amide bonds. The van der Waals surface area contributed by atoms with Crippen molar-refractivity contribution in [2.24, 2.45) is 0 Å². The fourth-order valence-corrected chi connectivity index (χ4v) is 0.451. The van der Waals surface area contributed by atoms with Crippen LogP contribution in [0.4, 0.5) is 0 Å². The third-order valence-corrected chi connectivity index (χ3v) is 2.04. The van der Waals surface area contributed by atoms with Crippen molar-refractivity contribution >= 4 is 22.6 Å². The first kappa shape index (κ1) is 8.17. The molecule has 0 aliphatic carbocycles. The monoisotopic (exact) mass is 224 g/mol. The molecule has 0 unspecified atom stereocenters. The number of hydrogen-bond donors (Lipinski definition) is 1. The molecule has 0 rings (SSSR count). The molecule has 2 heteroatoms. The van der Waals surface area contributed by atoms with Gasteiger partial charge in [-0.3, -0.25) is 0 Å².